The van der Waals surface area contributed by atoms with Crippen molar-refractivity contribution in [3.05, 3.63) is 24.3 Å². The largest absolute Gasteiger partial charge is 0.326 e. The summed E-state index contributed by atoms with van der Waals surface area (Å²) in [5, 5.41) is 5.90. The van der Waals surface area contributed by atoms with E-state index in [1.165, 1.54) is 12.8 Å². The van der Waals surface area contributed by atoms with Gasteiger partial charge < -0.3 is 15.5 Å². The average Bonchev–Trinajstić information content (AvgIpc) is 2.80. The first kappa shape index (κ1) is 20.3. The second-order valence-corrected chi connectivity index (χ2v) is 7.64. The Morgan fingerprint density at radius 3 is 2.58 bits per heavy atom. The van der Waals surface area contributed by atoms with Crippen molar-refractivity contribution < 1.29 is 9.59 Å². The van der Waals surface area contributed by atoms with Crippen LogP contribution in [0.25, 0.3) is 0 Å². The van der Waals surface area contributed by atoms with Crippen LogP contribution in [0.1, 0.15) is 65.7 Å². The number of anilines is 2. The van der Waals surface area contributed by atoms with E-state index in [9.17, 15) is 9.59 Å². The van der Waals surface area contributed by atoms with Crippen molar-refractivity contribution in [2.45, 2.75) is 71.8 Å². The van der Waals surface area contributed by atoms with Gasteiger partial charge in [-0.25, -0.2) is 4.79 Å². The Bertz CT molecular complexity index is 601. The Kier molecular flexibility index (Phi) is 7.95. The maximum absolute atomic E-state index is 12.9. The molecule has 5 heteroatoms. The van der Waals surface area contributed by atoms with Gasteiger partial charge in [0.2, 0.25) is 5.91 Å². The van der Waals surface area contributed by atoms with Gasteiger partial charge in [-0.1, -0.05) is 39.7 Å². The predicted octanol–water partition coefficient (Wildman–Crippen LogP) is 5.25. The Hall–Kier alpha value is -2.04. The third-order valence-corrected chi connectivity index (χ3v) is 4.76. The molecule has 0 saturated carbocycles. The van der Waals surface area contributed by atoms with Crippen LogP contribution in [0.15, 0.2) is 24.3 Å². The van der Waals surface area contributed by atoms with E-state index in [1.807, 2.05) is 36.1 Å². The maximum atomic E-state index is 12.9. The van der Waals surface area contributed by atoms with Gasteiger partial charge in [-0.15, -0.1) is 0 Å². The molecule has 1 aromatic rings. The lowest BCUT2D eigenvalue weighted by molar-refractivity contribution is -0.116. The lowest BCUT2D eigenvalue weighted by Gasteiger charge is -2.31. The molecule has 1 unspecified atom stereocenters. The molecular weight excluding hydrogens is 326 g/mol. The molecule has 0 spiro atoms. The van der Waals surface area contributed by atoms with Crippen LogP contribution in [-0.4, -0.2) is 29.4 Å². The van der Waals surface area contributed by atoms with Gasteiger partial charge in [0.05, 0.1) is 0 Å². The van der Waals surface area contributed by atoms with Gasteiger partial charge in [-0.3, -0.25) is 4.79 Å². The highest BCUT2D eigenvalue weighted by Crippen LogP contribution is 2.24. The summed E-state index contributed by atoms with van der Waals surface area (Å²) < 4.78 is 0. The topological polar surface area (TPSA) is 61.4 Å². The van der Waals surface area contributed by atoms with Gasteiger partial charge in [0.1, 0.15) is 0 Å². The summed E-state index contributed by atoms with van der Waals surface area (Å²) in [6, 6.07) is 7.66. The molecule has 2 rings (SSSR count). The zero-order valence-corrected chi connectivity index (χ0v) is 16.4. The summed E-state index contributed by atoms with van der Waals surface area (Å²) in [7, 11) is 0. The van der Waals surface area contributed by atoms with Gasteiger partial charge in [0.25, 0.3) is 0 Å². The molecule has 1 atom stereocenters. The molecule has 1 aliphatic rings. The normalized spacial score (nSPS) is 17.7. The number of benzene rings is 1. The summed E-state index contributed by atoms with van der Waals surface area (Å²) in [6.07, 6.45) is 6.89. The van der Waals surface area contributed by atoms with Crippen LogP contribution in [-0.2, 0) is 4.79 Å². The van der Waals surface area contributed by atoms with Crippen LogP contribution in [0, 0.1) is 5.92 Å². The highest BCUT2D eigenvalue weighted by Gasteiger charge is 2.26. The van der Waals surface area contributed by atoms with E-state index in [0.29, 0.717) is 18.4 Å². The monoisotopic (exact) mass is 359 g/mol. The van der Waals surface area contributed by atoms with Crippen LogP contribution < -0.4 is 10.6 Å². The molecule has 3 amide bonds. The van der Waals surface area contributed by atoms with Gasteiger partial charge in [0.15, 0.2) is 0 Å². The minimum absolute atomic E-state index is 0.000456. The zero-order chi connectivity index (χ0) is 18.9. The summed E-state index contributed by atoms with van der Waals surface area (Å²) in [6.45, 7) is 7.22. The summed E-state index contributed by atoms with van der Waals surface area (Å²) >= 11 is 0. The van der Waals surface area contributed by atoms with E-state index in [2.05, 4.69) is 24.5 Å². The van der Waals surface area contributed by atoms with Crippen LogP contribution >= 0.6 is 0 Å². The first-order valence-electron chi connectivity index (χ1n) is 9.97. The molecule has 1 heterocycles. The SMILES string of the molecule is CCCC(=O)Nc1cccc(NC(=O)N2CCCCCC2CC(C)C)c1. The molecule has 0 aliphatic carbocycles. The van der Waals surface area contributed by atoms with Crippen molar-refractivity contribution in [3.63, 3.8) is 0 Å². The van der Waals surface area contributed by atoms with Gasteiger partial charge in [-0.2, -0.15) is 0 Å². The van der Waals surface area contributed by atoms with Gasteiger partial charge >= 0.3 is 6.03 Å². The molecule has 144 valence electrons. The van der Waals surface area contributed by atoms with Crippen LogP contribution in [0.5, 0.6) is 0 Å². The van der Waals surface area contributed by atoms with Crippen molar-refractivity contribution in [3.8, 4) is 0 Å². The molecule has 1 aliphatic heterocycles. The fraction of sp³-hybridized carbons (Fsp3) is 0.619. The fourth-order valence-corrected chi connectivity index (χ4v) is 3.55. The molecule has 0 bridgehead atoms. The lowest BCUT2D eigenvalue weighted by atomic mass is 9.99. The Morgan fingerprint density at radius 1 is 1.15 bits per heavy atom. The molecule has 2 N–H and O–H groups in total. The minimum atomic E-state index is -0.0328. The molecule has 0 radical (unpaired) electrons. The number of likely N-dealkylation sites (tertiary alicyclic amines) is 1. The number of hydrogen-bond donors (Lipinski definition) is 2. The van der Waals surface area contributed by atoms with Crippen LogP contribution in [0.3, 0.4) is 0 Å². The second-order valence-electron chi connectivity index (χ2n) is 7.64. The Balaban J connectivity index is 2.03. The third kappa shape index (κ3) is 6.36. The highest BCUT2D eigenvalue weighted by atomic mass is 16.2. The number of nitrogens with one attached hydrogen (secondary N) is 2. The van der Waals surface area contributed by atoms with Crippen LogP contribution in [0.4, 0.5) is 16.2 Å². The number of hydrogen-bond acceptors (Lipinski definition) is 2. The smallest absolute Gasteiger partial charge is 0.322 e. The molecule has 0 aromatic heterocycles. The number of rotatable bonds is 6. The molecular formula is C21H33N3O2. The molecule has 5 nitrogen and oxygen atoms in total. The van der Waals surface area contributed by atoms with Gasteiger partial charge in [0, 0.05) is 30.4 Å². The highest BCUT2D eigenvalue weighted by molar-refractivity contribution is 5.93. The first-order chi connectivity index (χ1) is 12.5. The third-order valence-electron chi connectivity index (χ3n) is 4.76. The molecule has 1 saturated heterocycles. The van der Waals surface area contributed by atoms with Crippen molar-refractivity contribution in [2.75, 3.05) is 17.2 Å². The minimum Gasteiger partial charge on any atom is -0.326 e. The quantitative estimate of drug-likeness (QED) is 0.729. The van der Waals surface area contributed by atoms with Crippen molar-refractivity contribution in [1.29, 1.82) is 0 Å². The fourth-order valence-electron chi connectivity index (χ4n) is 3.55. The van der Waals surface area contributed by atoms with Gasteiger partial charge in [-0.05, 0) is 49.8 Å². The molecule has 1 fully saturated rings. The van der Waals surface area contributed by atoms with E-state index >= 15 is 0 Å². The summed E-state index contributed by atoms with van der Waals surface area (Å²) in [5.74, 6) is 0.575. The van der Waals surface area contributed by atoms with Crippen molar-refractivity contribution in [2.24, 2.45) is 5.92 Å². The van der Waals surface area contributed by atoms with Crippen molar-refractivity contribution in [1.82, 2.24) is 4.90 Å². The molecule has 1 aromatic carbocycles. The Morgan fingerprint density at radius 2 is 1.88 bits per heavy atom. The van der Waals surface area contributed by atoms with E-state index in [1.54, 1.807) is 0 Å². The van der Waals surface area contributed by atoms with Crippen LogP contribution in [0.2, 0.25) is 0 Å². The predicted molar refractivity (Wildman–Crippen MR) is 107 cm³/mol. The second kappa shape index (κ2) is 10.2. The number of amides is 3. The van der Waals surface area contributed by atoms with E-state index in [-0.39, 0.29) is 11.9 Å². The average molecular weight is 360 g/mol. The molecule has 26 heavy (non-hydrogen) atoms. The maximum Gasteiger partial charge on any atom is 0.322 e. The zero-order valence-electron chi connectivity index (χ0n) is 16.4. The van der Waals surface area contributed by atoms with E-state index < -0.39 is 0 Å². The lowest BCUT2D eigenvalue weighted by Crippen LogP contribution is -2.43. The first-order valence-corrected chi connectivity index (χ1v) is 9.97. The number of carbonyl (C=O) groups is 2. The standard InChI is InChI=1S/C21H33N3O2/c1-4-9-20(25)22-17-10-8-11-18(15-17)23-21(26)24-13-7-5-6-12-19(24)14-16(2)3/h8,10-11,15-16,19H,4-7,9,12-14H2,1-3H3,(H,22,25)(H,23,26). The van der Waals surface area contributed by atoms with E-state index in [0.717, 1.165) is 43.6 Å². The Labute approximate surface area is 157 Å². The van der Waals surface area contributed by atoms with Crippen molar-refractivity contribution >= 4 is 23.3 Å². The number of urea groups is 1. The van der Waals surface area contributed by atoms with E-state index in [4.69, 9.17) is 0 Å². The summed E-state index contributed by atoms with van der Waals surface area (Å²) in [4.78, 5) is 26.7. The number of nitrogens with zero attached hydrogens (tertiary/aromatic N) is 1. The summed E-state index contributed by atoms with van der Waals surface area (Å²) in [5.41, 5.74) is 1.44. The number of carbonyl (C=O) groups excluding carboxylic acids is 2.